The van der Waals surface area contributed by atoms with E-state index in [2.05, 4.69) is 4.74 Å². The number of unbranched alkanes of at least 4 members (excludes halogenated alkanes) is 2. The van der Waals surface area contributed by atoms with Crippen molar-refractivity contribution in [3.63, 3.8) is 0 Å². The minimum absolute atomic E-state index is 0. The summed E-state index contributed by atoms with van der Waals surface area (Å²) < 4.78 is 9.42. The van der Waals surface area contributed by atoms with Crippen molar-refractivity contribution in [3.8, 4) is 0 Å². The molecule has 0 aromatic rings. The van der Waals surface area contributed by atoms with Crippen LogP contribution in [0.3, 0.4) is 0 Å². The molecule has 0 amide bonds. The Balaban J connectivity index is 0. The molecule has 0 heterocycles. The Bertz CT molecular complexity index is 305. The fraction of sp³-hybridized carbons (Fsp3) is 0.750. The molecule has 6 nitrogen and oxygen atoms in total. The fourth-order valence-electron chi connectivity index (χ4n) is 1.14. The number of ether oxygens (including phenoxy) is 2. The summed E-state index contributed by atoms with van der Waals surface area (Å²) in [7, 11) is 0. The molecule has 7 heteroatoms. The van der Waals surface area contributed by atoms with Gasteiger partial charge in [0.1, 0.15) is 0 Å². The van der Waals surface area contributed by atoms with E-state index in [1.807, 2.05) is 6.92 Å². The standard InChI is InChI=1S/C12H20O6.Na/c1-4-5-6-7-10(13)17-9(3)12(16)18-8(2)11(14)15;/h8-9H,4-7H2,1-3H3,(H,14,15);/q;+1. The molecule has 19 heavy (non-hydrogen) atoms. The van der Waals surface area contributed by atoms with Crippen LogP contribution in [0.4, 0.5) is 0 Å². The molecule has 0 bridgehead atoms. The topological polar surface area (TPSA) is 89.9 Å². The first-order valence-corrected chi connectivity index (χ1v) is 6.01. The van der Waals surface area contributed by atoms with Crippen LogP contribution in [0.15, 0.2) is 0 Å². The van der Waals surface area contributed by atoms with E-state index in [4.69, 9.17) is 9.84 Å². The average Bonchev–Trinajstić information content (AvgIpc) is 2.28. The Labute approximate surface area is 135 Å². The smallest absolute Gasteiger partial charge is 0.479 e. The summed E-state index contributed by atoms with van der Waals surface area (Å²) in [4.78, 5) is 33.1. The van der Waals surface area contributed by atoms with E-state index in [0.717, 1.165) is 12.8 Å². The zero-order chi connectivity index (χ0) is 14.1. The van der Waals surface area contributed by atoms with Crippen molar-refractivity contribution in [1.29, 1.82) is 0 Å². The Hall–Kier alpha value is -0.590. The van der Waals surface area contributed by atoms with Crippen LogP contribution in [0.2, 0.25) is 0 Å². The summed E-state index contributed by atoms with van der Waals surface area (Å²) >= 11 is 0. The molecule has 0 spiro atoms. The summed E-state index contributed by atoms with van der Waals surface area (Å²) in [6.45, 7) is 4.60. The van der Waals surface area contributed by atoms with Crippen molar-refractivity contribution in [1.82, 2.24) is 0 Å². The monoisotopic (exact) mass is 283 g/mol. The summed E-state index contributed by atoms with van der Waals surface area (Å²) in [6, 6.07) is 0. The second-order valence-electron chi connectivity index (χ2n) is 4.01. The first-order chi connectivity index (χ1) is 8.38. The van der Waals surface area contributed by atoms with Gasteiger partial charge in [0.2, 0.25) is 0 Å². The Morgan fingerprint density at radius 3 is 2.11 bits per heavy atom. The number of hydrogen-bond acceptors (Lipinski definition) is 5. The number of esters is 2. The largest absolute Gasteiger partial charge is 1.00 e. The average molecular weight is 283 g/mol. The predicted octanol–water partition coefficient (Wildman–Crippen LogP) is -1.48. The molecule has 0 aromatic carbocycles. The van der Waals surface area contributed by atoms with Crippen LogP contribution in [0.5, 0.6) is 0 Å². The molecule has 2 atom stereocenters. The SMILES string of the molecule is CCCCCC(=O)OC(C)C(=O)OC(C)C(=O)O.[Na+]. The van der Waals surface area contributed by atoms with Crippen LogP contribution in [-0.2, 0) is 23.9 Å². The maximum absolute atomic E-state index is 11.4. The molecule has 0 aliphatic rings. The normalized spacial score (nSPS) is 12.8. The van der Waals surface area contributed by atoms with Crippen molar-refractivity contribution >= 4 is 17.9 Å². The molecule has 0 aliphatic carbocycles. The first kappa shape index (κ1) is 20.7. The summed E-state index contributed by atoms with van der Waals surface area (Å²) in [6.07, 6.45) is 0.535. The summed E-state index contributed by atoms with van der Waals surface area (Å²) in [5.74, 6) is -2.57. The van der Waals surface area contributed by atoms with Crippen LogP contribution in [-0.4, -0.2) is 35.2 Å². The quantitative estimate of drug-likeness (QED) is 0.332. The van der Waals surface area contributed by atoms with Gasteiger partial charge in [-0.1, -0.05) is 19.8 Å². The van der Waals surface area contributed by atoms with Gasteiger partial charge in [-0.2, -0.15) is 0 Å². The maximum Gasteiger partial charge on any atom is 1.00 e. The molecule has 0 saturated heterocycles. The summed E-state index contributed by atoms with van der Waals surface area (Å²) in [5, 5.41) is 8.55. The van der Waals surface area contributed by atoms with Crippen LogP contribution >= 0.6 is 0 Å². The molecule has 1 N–H and O–H groups in total. The van der Waals surface area contributed by atoms with Gasteiger partial charge in [0.05, 0.1) is 0 Å². The second-order valence-corrected chi connectivity index (χ2v) is 4.01. The van der Waals surface area contributed by atoms with Gasteiger partial charge in [-0.05, 0) is 20.3 Å². The number of hydrogen-bond donors (Lipinski definition) is 1. The third-order valence-corrected chi connectivity index (χ3v) is 2.27. The van der Waals surface area contributed by atoms with E-state index in [0.29, 0.717) is 6.42 Å². The van der Waals surface area contributed by atoms with Crippen molar-refractivity contribution in [2.45, 2.75) is 58.7 Å². The number of carbonyl (C=O) groups is 3. The Morgan fingerprint density at radius 2 is 1.63 bits per heavy atom. The molecule has 0 rings (SSSR count). The zero-order valence-corrected chi connectivity index (χ0v) is 14.0. The Morgan fingerprint density at radius 1 is 1.05 bits per heavy atom. The molecular formula is C12H20NaO6+. The Kier molecular flexibility index (Phi) is 12.3. The number of carbonyl (C=O) groups excluding carboxylic acids is 2. The minimum atomic E-state index is -1.25. The van der Waals surface area contributed by atoms with Crippen LogP contribution in [0.25, 0.3) is 0 Å². The van der Waals surface area contributed by atoms with Gasteiger partial charge in [-0.25, -0.2) is 9.59 Å². The maximum atomic E-state index is 11.4. The third-order valence-electron chi connectivity index (χ3n) is 2.27. The molecule has 0 fully saturated rings. The van der Waals surface area contributed by atoms with Gasteiger partial charge in [-0.3, -0.25) is 4.79 Å². The van der Waals surface area contributed by atoms with Gasteiger partial charge >= 0.3 is 47.5 Å². The number of aliphatic carboxylic acids is 1. The molecule has 0 saturated carbocycles. The molecule has 104 valence electrons. The molecule has 2 unspecified atom stereocenters. The van der Waals surface area contributed by atoms with Crippen molar-refractivity contribution in [2.24, 2.45) is 0 Å². The van der Waals surface area contributed by atoms with Crippen molar-refractivity contribution in [2.75, 3.05) is 0 Å². The number of carboxylic acids is 1. The third kappa shape index (κ3) is 9.92. The van der Waals surface area contributed by atoms with Gasteiger partial charge in [0, 0.05) is 6.42 Å². The van der Waals surface area contributed by atoms with Crippen LogP contribution < -0.4 is 29.6 Å². The summed E-state index contributed by atoms with van der Waals surface area (Å²) in [5.41, 5.74) is 0. The van der Waals surface area contributed by atoms with E-state index >= 15 is 0 Å². The van der Waals surface area contributed by atoms with Crippen molar-refractivity contribution < 1.29 is 58.5 Å². The molecule has 0 aliphatic heterocycles. The second kappa shape index (κ2) is 11.3. The predicted molar refractivity (Wildman–Crippen MR) is 62.9 cm³/mol. The van der Waals surface area contributed by atoms with E-state index in [1.165, 1.54) is 13.8 Å². The number of rotatable bonds is 8. The van der Waals surface area contributed by atoms with Gasteiger partial charge in [-0.15, -0.1) is 0 Å². The van der Waals surface area contributed by atoms with Crippen molar-refractivity contribution in [3.05, 3.63) is 0 Å². The van der Waals surface area contributed by atoms with Gasteiger partial charge in [0.25, 0.3) is 0 Å². The molecular weight excluding hydrogens is 263 g/mol. The van der Waals surface area contributed by atoms with Crippen LogP contribution in [0, 0.1) is 0 Å². The molecule has 0 radical (unpaired) electrons. The fourth-order valence-corrected chi connectivity index (χ4v) is 1.14. The number of carboxylic acid groups (broad SMARTS) is 1. The van der Waals surface area contributed by atoms with E-state index in [9.17, 15) is 14.4 Å². The van der Waals surface area contributed by atoms with Gasteiger partial charge in [0.15, 0.2) is 12.2 Å². The van der Waals surface area contributed by atoms with E-state index in [-0.39, 0.29) is 36.0 Å². The zero-order valence-electron chi connectivity index (χ0n) is 12.0. The first-order valence-electron chi connectivity index (χ1n) is 6.01. The molecule has 0 aromatic heterocycles. The van der Waals surface area contributed by atoms with E-state index < -0.39 is 30.1 Å². The van der Waals surface area contributed by atoms with Gasteiger partial charge < -0.3 is 14.6 Å². The minimum Gasteiger partial charge on any atom is -0.479 e. The van der Waals surface area contributed by atoms with Crippen LogP contribution in [0.1, 0.15) is 46.5 Å². The van der Waals surface area contributed by atoms with E-state index in [1.54, 1.807) is 0 Å².